The number of hydrogen-bond acceptors (Lipinski definition) is 4. The van der Waals surface area contributed by atoms with Crippen molar-refractivity contribution in [1.29, 1.82) is 0 Å². The second-order valence-corrected chi connectivity index (χ2v) is 6.91. The lowest BCUT2D eigenvalue weighted by atomic mass is 10.2. The number of amides is 1. The fraction of sp³-hybridized carbons (Fsp3) is 0.167. The van der Waals surface area contributed by atoms with Crippen LogP contribution in [0.4, 0.5) is 4.39 Å². The number of esters is 1. The molecule has 0 N–H and O–H groups in total. The molecule has 5 nitrogen and oxygen atoms in total. The van der Waals surface area contributed by atoms with E-state index in [-0.39, 0.29) is 12.1 Å². The van der Waals surface area contributed by atoms with Crippen LogP contribution in [0.15, 0.2) is 41.4 Å². The Hall–Kier alpha value is -2.51. The first kappa shape index (κ1) is 18.3. The number of rotatable bonds is 3. The van der Waals surface area contributed by atoms with Gasteiger partial charge in [-0.1, -0.05) is 22.9 Å². The number of carbonyl (C=O) groups excluding carboxylic acids is 2. The largest absolute Gasteiger partial charge is 0.468 e. The maximum Gasteiger partial charge on any atom is 0.325 e. The standard InChI is InChI=1S/C18H14ClFN2O3S/c1-10-13(19)7-8-14-16(10)22(9-15(23)25-2)18(26-14)21-17(24)11-3-5-12(20)6-4-11/h3-8H,9H2,1-2H3. The van der Waals surface area contributed by atoms with Gasteiger partial charge in [-0.15, -0.1) is 0 Å². The molecule has 0 saturated heterocycles. The predicted molar refractivity (Wildman–Crippen MR) is 97.9 cm³/mol. The normalized spacial score (nSPS) is 11.8. The minimum absolute atomic E-state index is 0.104. The monoisotopic (exact) mass is 392 g/mol. The summed E-state index contributed by atoms with van der Waals surface area (Å²) >= 11 is 7.46. The van der Waals surface area contributed by atoms with Crippen molar-refractivity contribution in [3.63, 3.8) is 0 Å². The molecule has 1 heterocycles. The zero-order chi connectivity index (χ0) is 18.8. The van der Waals surface area contributed by atoms with E-state index < -0.39 is 17.7 Å². The lowest BCUT2D eigenvalue weighted by molar-refractivity contribution is -0.141. The number of benzene rings is 2. The number of halogens is 2. The number of methoxy groups -OCH3 is 1. The Morgan fingerprint density at radius 2 is 1.92 bits per heavy atom. The summed E-state index contributed by atoms with van der Waals surface area (Å²) in [6, 6.07) is 8.68. The minimum atomic E-state index is -0.529. The summed E-state index contributed by atoms with van der Waals surface area (Å²) in [5.41, 5.74) is 1.75. The summed E-state index contributed by atoms with van der Waals surface area (Å²) in [4.78, 5) is 28.7. The van der Waals surface area contributed by atoms with Crippen molar-refractivity contribution in [2.24, 2.45) is 4.99 Å². The van der Waals surface area contributed by atoms with E-state index in [1.165, 1.54) is 42.7 Å². The summed E-state index contributed by atoms with van der Waals surface area (Å²) in [7, 11) is 1.29. The van der Waals surface area contributed by atoms with E-state index in [0.29, 0.717) is 9.82 Å². The summed E-state index contributed by atoms with van der Waals surface area (Å²) in [5.74, 6) is -1.44. The molecule has 2 aromatic carbocycles. The van der Waals surface area contributed by atoms with Crippen LogP contribution in [-0.2, 0) is 16.1 Å². The van der Waals surface area contributed by atoms with Crippen LogP contribution in [0.2, 0.25) is 5.02 Å². The zero-order valence-corrected chi connectivity index (χ0v) is 15.5. The SMILES string of the molecule is COC(=O)Cn1c(=NC(=O)c2ccc(F)cc2)sc2ccc(Cl)c(C)c21. The van der Waals surface area contributed by atoms with E-state index in [4.69, 9.17) is 16.3 Å². The van der Waals surface area contributed by atoms with Crippen molar-refractivity contribution < 1.29 is 18.7 Å². The van der Waals surface area contributed by atoms with Gasteiger partial charge in [-0.2, -0.15) is 4.99 Å². The lowest BCUT2D eigenvalue weighted by Gasteiger charge is -2.07. The molecular formula is C18H14ClFN2O3S. The van der Waals surface area contributed by atoms with Crippen molar-refractivity contribution >= 4 is 45.0 Å². The highest BCUT2D eigenvalue weighted by Crippen LogP contribution is 2.27. The van der Waals surface area contributed by atoms with Crippen molar-refractivity contribution in [1.82, 2.24) is 4.57 Å². The average Bonchev–Trinajstić information content (AvgIpc) is 2.96. The van der Waals surface area contributed by atoms with Crippen LogP contribution in [0.3, 0.4) is 0 Å². The molecule has 0 spiro atoms. The van der Waals surface area contributed by atoms with Crippen molar-refractivity contribution in [3.05, 3.63) is 63.2 Å². The van der Waals surface area contributed by atoms with Gasteiger partial charge in [0.2, 0.25) is 0 Å². The number of nitrogens with zero attached hydrogens (tertiary/aromatic N) is 2. The summed E-state index contributed by atoms with van der Waals surface area (Å²) < 4.78 is 20.2. The topological polar surface area (TPSA) is 60.7 Å². The van der Waals surface area contributed by atoms with Crippen LogP contribution in [0.25, 0.3) is 10.2 Å². The Kier molecular flexibility index (Phi) is 5.20. The number of fused-ring (bicyclic) bond motifs is 1. The Balaban J connectivity index is 2.19. The Bertz CT molecular complexity index is 1070. The van der Waals surface area contributed by atoms with Gasteiger partial charge in [0, 0.05) is 10.6 Å². The van der Waals surface area contributed by atoms with Crippen LogP contribution >= 0.6 is 22.9 Å². The Morgan fingerprint density at radius 3 is 2.58 bits per heavy atom. The van der Waals surface area contributed by atoms with Gasteiger partial charge in [-0.05, 0) is 48.9 Å². The van der Waals surface area contributed by atoms with E-state index in [0.717, 1.165) is 15.8 Å². The van der Waals surface area contributed by atoms with Gasteiger partial charge >= 0.3 is 5.97 Å². The molecule has 0 atom stereocenters. The molecule has 3 rings (SSSR count). The van der Waals surface area contributed by atoms with Crippen LogP contribution in [0, 0.1) is 12.7 Å². The van der Waals surface area contributed by atoms with Crippen LogP contribution in [0.1, 0.15) is 15.9 Å². The molecule has 0 aliphatic rings. The first-order chi connectivity index (χ1) is 12.4. The van der Waals surface area contributed by atoms with Gasteiger partial charge in [-0.3, -0.25) is 9.59 Å². The molecule has 1 aromatic heterocycles. The molecule has 0 aliphatic heterocycles. The molecular weight excluding hydrogens is 379 g/mol. The molecule has 0 bridgehead atoms. The van der Waals surface area contributed by atoms with Crippen molar-refractivity contribution in [2.75, 3.05) is 7.11 Å². The fourth-order valence-corrected chi connectivity index (χ4v) is 3.72. The number of hydrogen-bond donors (Lipinski definition) is 0. The molecule has 1 amide bonds. The quantitative estimate of drug-likeness (QED) is 0.638. The third kappa shape index (κ3) is 3.54. The second kappa shape index (κ2) is 7.39. The van der Waals surface area contributed by atoms with Crippen molar-refractivity contribution in [2.45, 2.75) is 13.5 Å². The van der Waals surface area contributed by atoms with Gasteiger partial charge in [0.15, 0.2) is 4.80 Å². The molecule has 134 valence electrons. The molecule has 8 heteroatoms. The summed E-state index contributed by atoms with van der Waals surface area (Å²) in [6.45, 7) is 1.73. The molecule has 0 unspecified atom stereocenters. The fourth-order valence-electron chi connectivity index (χ4n) is 2.48. The number of carbonyl (C=O) groups is 2. The highest BCUT2D eigenvalue weighted by atomic mass is 35.5. The third-order valence-corrected chi connectivity index (χ3v) is 5.29. The molecule has 0 saturated carbocycles. The van der Waals surface area contributed by atoms with Crippen molar-refractivity contribution in [3.8, 4) is 0 Å². The van der Waals surface area contributed by atoms with Crippen LogP contribution in [-0.4, -0.2) is 23.6 Å². The molecule has 26 heavy (non-hydrogen) atoms. The maximum atomic E-state index is 13.0. The van der Waals surface area contributed by atoms with Gasteiger partial charge in [0.05, 0.1) is 17.3 Å². The maximum absolute atomic E-state index is 13.0. The third-order valence-electron chi connectivity index (χ3n) is 3.83. The lowest BCUT2D eigenvalue weighted by Crippen LogP contribution is -2.22. The first-order valence-electron chi connectivity index (χ1n) is 7.60. The predicted octanol–water partition coefficient (Wildman–Crippen LogP) is 3.72. The van der Waals surface area contributed by atoms with Gasteiger partial charge in [0.25, 0.3) is 5.91 Å². The van der Waals surface area contributed by atoms with E-state index in [2.05, 4.69) is 4.99 Å². The molecule has 0 aliphatic carbocycles. The number of ether oxygens (including phenoxy) is 1. The number of aromatic nitrogens is 1. The van der Waals surface area contributed by atoms with Crippen LogP contribution in [0.5, 0.6) is 0 Å². The summed E-state index contributed by atoms with van der Waals surface area (Å²) in [5, 5.41) is 0.547. The smallest absolute Gasteiger partial charge is 0.325 e. The minimum Gasteiger partial charge on any atom is -0.468 e. The second-order valence-electron chi connectivity index (χ2n) is 5.49. The van der Waals surface area contributed by atoms with Crippen LogP contribution < -0.4 is 4.80 Å². The Morgan fingerprint density at radius 1 is 1.23 bits per heavy atom. The number of thiazole rings is 1. The van der Waals surface area contributed by atoms with E-state index in [9.17, 15) is 14.0 Å². The van der Waals surface area contributed by atoms with Gasteiger partial charge < -0.3 is 9.30 Å². The average molecular weight is 393 g/mol. The first-order valence-corrected chi connectivity index (χ1v) is 8.80. The zero-order valence-electron chi connectivity index (χ0n) is 14.0. The van der Waals surface area contributed by atoms with E-state index in [1.54, 1.807) is 10.6 Å². The van der Waals surface area contributed by atoms with E-state index >= 15 is 0 Å². The summed E-state index contributed by atoms with van der Waals surface area (Å²) in [6.07, 6.45) is 0. The highest BCUT2D eigenvalue weighted by molar-refractivity contribution is 7.16. The molecule has 0 fully saturated rings. The molecule has 0 radical (unpaired) electrons. The Labute approximate surface area is 157 Å². The highest BCUT2D eigenvalue weighted by Gasteiger charge is 2.15. The van der Waals surface area contributed by atoms with Gasteiger partial charge in [0.1, 0.15) is 12.4 Å². The molecule has 3 aromatic rings. The number of aryl methyl sites for hydroxylation is 1. The van der Waals surface area contributed by atoms with E-state index in [1.807, 2.05) is 13.0 Å². The van der Waals surface area contributed by atoms with Gasteiger partial charge in [-0.25, -0.2) is 4.39 Å².